The summed E-state index contributed by atoms with van der Waals surface area (Å²) < 4.78 is 0. The van der Waals surface area contributed by atoms with Crippen molar-refractivity contribution in [1.29, 1.82) is 0 Å². The maximum absolute atomic E-state index is 2.38. The molecule has 2 rings (SSSR count). The summed E-state index contributed by atoms with van der Waals surface area (Å²) in [5.41, 5.74) is 4.02. The zero-order valence-corrected chi connectivity index (χ0v) is 14.5. The summed E-state index contributed by atoms with van der Waals surface area (Å²) in [4.78, 5) is 0. The first-order valence-corrected chi connectivity index (χ1v) is 8.25. The first-order chi connectivity index (χ1) is 10.4. The van der Waals surface area contributed by atoms with Crippen LogP contribution in [-0.4, -0.2) is 6.71 Å². The van der Waals surface area contributed by atoms with Gasteiger partial charge in [-0.15, -0.1) is 0 Å². The van der Waals surface area contributed by atoms with Crippen LogP contribution in [0.15, 0.2) is 60.7 Å². The maximum atomic E-state index is 2.38. The van der Waals surface area contributed by atoms with Gasteiger partial charge in [0.1, 0.15) is 0 Å². The summed E-state index contributed by atoms with van der Waals surface area (Å²) in [5, 5.41) is 0.246. The summed E-state index contributed by atoms with van der Waals surface area (Å²) >= 11 is 0. The zero-order valence-electron chi connectivity index (χ0n) is 14.5. The van der Waals surface area contributed by atoms with Crippen molar-refractivity contribution in [3.05, 3.63) is 71.8 Å². The average Bonchev–Trinajstić information content (AvgIpc) is 2.53. The van der Waals surface area contributed by atoms with E-state index in [-0.39, 0.29) is 5.31 Å². The van der Waals surface area contributed by atoms with Gasteiger partial charge in [-0.05, 0) is 22.4 Å². The van der Waals surface area contributed by atoms with Gasteiger partial charge in [0.05, 0.1) is 0 Å². The van der Waals surface area contributed by atoms with E-state index in [0.29, 0.717) is 12.6 Å². The third kappa shape index (κ3) is 3.71. The largest absolute Gasteiger partial charge is 0.179 e. The predicted octanol–water partition coefficient (Wildman–Crippen LogP) is 6.33. The minimum atomic E-state index is 0.246. The fourth-order valence-electron chi connectivity index (χ4n) is 2.72. The van der Waals surface area contributed by atoms with Gasteiger partial charge in [-0.25, -0.2) is 0 Å². The van der Waals surface area contributed by atoms with Gasteiger partial charge in [0, 0.05) is 0 Å². The summed E-state index contributed by atoms with van der Waals surface area (Å²) in [5.74, 6) is 0.630. The molecule has 0 atom stereocenters. The van der Waals surface area contributed by atoms with Crippen molar-refractivity contribution >= 4 is 18.3 Å². The van der Waals surface area contributed by atoms with Gasteiger partial charge in [-0.2, -0.15) is 0 Å². The maximum Gasteiger partial charge on any atom is 0.179 e. The molecule has 0 spiro atoms. The molecule has 0 saturated heterocycles. The molecule has 0 fully saturated rings. The molecule has 0 radical (unpaired) electrons. The summed E-state index contributed by atoms with van der Waals surface area (Å²) in [6.07, 6.45) is 2.35. The van der Waals surface area contributed by atoms with Crippen molar-refractivity contribution in [1.82, 2.24) is 0 Å². The molecule has 1 heteroatoms. The predicted molar refractivity (Wildman–Crippen MR) is 101 cm³/mol. The lowest BCUT2D eigenvalue weighted by atomic mass is 9.29. The highest BCUT2D eigenvalue weighted by atomic mass is 14.2. The third-order valence-corrected chi connectivity index (χ3v) is 5.30. The highest BCUT2D eigenvalue weighted by Crippen LogP contribution is 2.42. The number of rotatable bonds is 5. The Morgan fingerprint density at radius 1 is 0.909 bits per heavy atom. The summed E-state index contributed by atoms with van der Waals surface area (Å²) in [7, 11) is 0. The van der Waals surface area contributed by atoms with E-state index in [4.69, 9.17) is 0 Å². The van der Waals surface area contributed by atoms with Crippen LogP contribution < -0.4 is 0 Å². The van der Waals surface area contributed by atoms with Crippen LogP contribution >= 0.6 is 0 Å². The molecule has 2 aromatic rings. The SMILES string of the molecule is CB(/C(=C/c1ccccc1)c1ccccc1)C(C)(C)C(C)C. The van der Waals surface area contributed by atoms with Gasteiger partial charge >= 0.3 is 0 Å². The van der Waals surface area contributed by atoms with Crippen LogP contribution in [0.3, 0.4) is 0 Å². The molecular weight excluding hydrogens is 263 g/mol. The van der Waals surface area contributed by atoms with Crippen molar-refractivity contribution in [3.8, 4) is 0 Å². The Bertz CT molecular complexity index is 609. The van der Waals surface area contributed by atoms with Crippen LogP contribution in [0.25, 0.3) is 11.5 Å². The smallest absolute Gasteiger partial charge is 0.0812 e. The molecular formula is C21H27B. The Hall–Kier alpha value is -1.76. The van der Waals surface area contributed by atoms with Crippen LogP contribution in [0.5, 0.6) is 0 Å². The molecule has 114 valence electrons. The van der Waals surface area contributed by atoms with Crippen molar-refractivity contribution < 1.29 is 0 Å². The van der Waals surface area contributed by atoms with E-state index in [1.807, 2.05) is 0 Å². The second-order valence-electron chi connectivity index (χ2n) is 7.07. The minimum Gasteiger partial charge on any atom is -0.0812 e. The standard InChI is InChI=1S/C21H27B/c1-17(2)21(3,4)22(5)20(19-14-10-7-11-15-19)16-18-12-8-6-9-13-18/h6-17H,1-5H3/b20-16+. The van der Waals surface area contributed by atoms with Crippen LogP contribution in [0, 0.1) is 5.92 Å². The average molecular weight is 290 g/mol. The fraction of sp³-hybridized carbons (Fsp3) is 0.333. The molecule has 0 nitrogen and oxygen atoms in total. The Balaban J connectivity index is 2.50. The van der Waals surface area contributed by atoms with Gasteiger partial charge in [0.25, 0.3) is 0 Å². The quantitative estimate of drug-likeness (QED) is 0.446. The van der Waals surface area contributed by atoms with E-state index in [9.17, 15) is 0 Å². The van der Waals surface area contributed by atoms with Gasteiger partial charge in [-0.3, -0.25) is 0 Å². The number of hydrogen-bond donors (Lipinski definition) is 0. The van der Waals surface area contributed by atoms with E-state index in [2.05, 4.69) is 101 Å². The van der Waals surface area contributed by atoms with E-state index in [1.165, 1.54) is 16.6 Å². The lowest BCUT2D eigenvalue weighted by molar-refractivity contribution is 0.470. The van der Waals surface area contributed by atoms with Gasteiger partial charge in [0.15, 0.2) is 6.71 Å². The van der Waals surface area contributed by atoms with Crippen molar-refractivity contribution in [2.45, 2.75) is 39.8 Å². The lowest BCUT2D eigenvalue weighted by Crippen LogP contribution is -2.31. The van der Waals surface area contributed by atoms with E-state index in [0.717, 1.165) is 0 Å². The van der Waals surface area contributed by atoms with Crippen LogP contribution in [0.2, 0.25) is 12.1 Å². The molecule has 0 N–H and O–H groups in total. The Kier molecular flexibility index (Phi) is 5.29. The van der Waals surface area contributed by atoms with E-state index >= 15 is 0 Å². The molecule has 0 heterocycles. The lowest BCUT2D eigenvalue weighted by Gasteiger charge is -2.35. The van der Waals surface area contributed by atoms with Gasteiger partial charge < -0.3 is 0 Å². The second-order valence-corrected chi connectivity index (χ2v) is 7.07. The Labute approximate surface area is 136 Å². The number of hydrogen-bond acceptors (Lipinski definition) is 0. The molecule has 2 aromatic carbocycles. The van der Waals surface area contributed by atoms with Gasteiger partial charge in [0.2, 0.25) is 0 Å². The fourth-order valence-corrected chi connectivity index (χ4v) is 2.72. The van der Waals surface area contributed by atoms with Crippen molar-refractivity contribution in [2.75, 3.05) is 0 Å². The minimum absolute atomic E-state index is 0.246. The van der Waals surface area contributed by atoms with Crippen molar-refractivity contribution in [3.63, 3.8) is 0 Å². The monoisotopic (exact) mass is 290 g/mol. The second kappa shape index (κ2) is 7.00. The molecule has 0 aliphatic heterocycles. The first-order valence-electron chi connectivity index (χ1n) is 8.25. The molecule has 0 amide bonds. The summed E-state index contributed by atoms with van der Waals surface area (Å²) in [6, 6.07) is 21.4. The molecule has 0 aliphatic carbocycles. The van der Waals surface area contributed by atoms with Crippen LogP contribution in [0.1, 0.15) is 38.8 Å². The molecule has 0 aliphatic rings. The van der Waals surface area contributed by atoms with E-state index in [1.54, 1.807) is 0 Å². The zero-order chi connectivity index (χ0) is 16.2. The van der Waals surface area contributed by atoms with Crippen LogP contribution in [0.4, 0.5) is 0 Å². The molecule has 0 aromatic heterocycles. The third-order valence-electron chi connectivity index (χ3n) is 5.30. The van der Waals surface area contributed by atoms with Gasteiger partial charge in [-0.1, -0.05) is 107 Å². The normalized spacial score (nSPS) is 12.5. The van der Waals surface area contributed by atoms with Crippen molar-refractivity contribution in [2.24, 2.45) is 5.92 Å². The highest BCUT2D eigenvalue weighted by molar-refractivity contribution is 6.81. The summed E-state index contributed by atoms with van der Waals surface area (Å²) in [6.45, 7) is 12.2. The highest BCUT2D eigenvalue weighted by Gasteiger charge is 2.35. The first kappa shape index (κ1) is 16.6. The van der Waals surface area contributed by atoms with E-state index < -0.39 is 0 Å². The molecule has 22 heavy (non-hydrogen) atoms. The Morgan fingerprint density at radius 2 is 1.41 bits per heavy atom. The molecule has 0 saturated carbocycles. The topological polar surface area (TPSA) is 0 Å². The Morgan fingerprint density at radius 3 is 1.91 bits per heavy atom. The molecule has 0 unspecified atom stereocenters. The van der Waals surface area contributed by atoms with Crippen LogP contribution in [-0.2, 0) is 0 Å². The number of benzene rings is 2. The molecule has 0 bridgehead atoms.